The summed E-state index contributed by atoms with van der Waals surface area (Å²) >= 11 is 3.36. The molecule has 25 heavy (non-hydrogen) atoms. The molecule has 2 aliphatic heterocycles. The van der Waals surface area contributed by atoms with Crippen LogP contribution in [0.2, 0.25) is 0 Å². The van der Waals surface area contributed by atoms with Crippen LogP contribution in [0.3, 0.4) is 0 Å². The maximum Gasteiger partial charge on any atom is 0.302 e. The minimum atomic E-state index is -0.752. The Bertz CT molecular complexity index is 825. The summed E-state index contributed by atoms with van der Waals surface area (Å²) in [7, 11) is 0. The minimum Gasteiger partial charge on any atom is -0.463 e. The second-order valence-corrected chi connectivity index (χ2v) is 7.17. The van der Waals surface area contributed by atoms with E-state index in [1.54, 1.807) is 10.9 Å². The summed E-state index contributed by atoms with van der Waals surface area (Å²) in [5.41, 5.74) is 1.25. The van der Waals surface area contributed by atoms with E-state index < -0.39 is 18.1 Å². The Hall–Kier alpha value is -1.62. The molecule has 2 aliphatic rings. The predicted molar refractivity (Wildman–Crippen MR) is 87.4 cm³/mol. The number of rotatable bonds is 3. The Morgan fingerprint density at radius 1 is 1.32 bits per heavy atom. The van der Waals surface area contributed by atoms with Crippen LogP contribution in [0.4, 0.5) is 0 Å². The average molecular weight is 413 g/mol. The number of nitrogens with zero attached hydrogens (tertiary/aromatic N) is 4. The maximum absolute atomic E-state index is 11.2. The monoisotopic (exact) mass is 412 g/mol. The first kappa shape index (κ1) is 16.8. The molecule has 0 saturated carbocycles. The number of fused-ring (bicyclic) bond motifs is 2. The molecular formula is C15H17BrN4O5. The predicted octanol–water partition coefficient (Wildman–Crippen LogP) is 1.57. The van der Waals surface area contributed by atoms with Gasteiger partial charge in [0.25, 0.3) is 0 Å². The van der Waals surface area contributed by atoms with Crippen molar-refractivity contribution in [1.82, 2.24) is 19.5 Å². The molecule has 2 fully saturated rings. The van der Waals surface area contributed by atoms with Gasteiger partial charge >= 0.3 is 5.97 Å². The lowest BCUT2D eigenvalue weighted by atomic mass is 10.1. The van der Waals surface area contributed by atoms with Crippen molar-refractivity contribution < 1.29 is 23.7 Å². The summed E-state index contributed by atoms with van der Waals surface area (Å²) in [6.45, 7) is 5.14. The Labute approximate surface area is 151 Å². The number of halogens is 1. The van der Waals surface area contributed by atoms with Crippen molar-refractivity contribution in [1.29, 1.82) is 0 Å². The smallest absolute Gasteiger partial charge is 0.302 e. The SMILES string of the molecule is CC(=O)OC[C@H]1O[C@@H](n2cnc3c(Br)ncnc32)[C@@H]2OC(C)(C)O[C@@H]21. The normalized spacial score (nSPS) is 30.6. The average Bonchev–Trinajstić information content (AvgIpc) is 3.17. The zero-order valence-electron chi connectivity index (χ0n) is 13.9. The molecule has 4 atom stereocenters. The number of esters is 1. The highest BCUT2D eigenvalue weighted by atomic mass is 79.9. The highest BCUT2D eigenvalue weighted by molar-refractivity contribution is 9.10. The van der Waals surface area contributed by atoms with Crippen LogP contribution < -0.4 is 0 Å². The van der Waals surface area contributed by atoms with E-state index in [4.69, 9.17) is 18.9 Å². The van der Waals surface area contributed by atoms with Crippen LogP contribution in [0.1, 0.15) is 27.0 Å². The van der Waals surface area contributed by atoms with Gasteiger partial charge in [-0.3, -0.25) is 9.36 Å². The van der Waals surface area contributed by atoms with E-state index in [2.05, 4.69) is 30.9 Å². The van der Waals surface area contributed by atoms with Crippen LogP contribution in [0.5, 0.6) is 0 Å². The van der Waals surface area contributed by atoms with E-state index in [1.165, 1.54) is 13.3 Å². The molecule has 0 N–H and O–H groups in total. The van der Waals surface area contributed by atoms with Gasteiger partial charge in [0.05, 0.1) is 6.33 Å². The Morgan fingerprint density at radius 2 is 2.08 bits per heavy atom. The van der Waals surface area contributed by atoms with E-state index in [9.17, 15) is 4.79 Å². The highest BCUT2D eigenvalue weighted by Gasteiger charge is 2.56. The van der Waals surface area contributed by atoms with Crippen molar-refractivity contribution >= 4 is 33.1 Å². The third-order valence-corrected chi connectivity index (χ3v) is 4.74. The van der Waals surface area contributed by atoms with Gasteiger partial charge in [-0.1, -0.05) is 0 Å². The molecule has 2 aromatic rings. The maximum atomic E-state index is 11.2. The first-order valence-corrected chi connectivity index (χ1v) is 8.62. The molecule has 4 heterocycles. The number of carbonyl (C=O) groups is 1. The zero-order chi connectivity index (χ0) is 17.8. The van der Waals surface area contributed by atoms with Crippen LogP contribution in [0.25, 0.3) is 11.2 Å². The van der Waals surface area contributed by atoms with E-state index in [1.807, 2.05) is 13.8 Å². The van der Waals surface area contributed by atoms with Gasteiger partial charge in [0.15, 0.2) is 17.7 Å². The Morgan fingerprint density at radius 3 is 2.84 bits per heavy atom. The summed E-state index contributed by atoms with van der Waals surface area (Å²) in [4.78, 5) is 23.9. The van der Waals surface area contributed by atoms with E-state index in [0.29, 0.717) is 15.8 Å². The largest absolute Gasteiger partial charge is 0.463 e. The number of hydrogen-bond donors (Lipinski definition) is 0. The second-order valence-electron chi connectivity index (χ2n) is 6.42. The summed E-state index contributed by atoms with van der Waals surface area (Å²) < 4.78 is 25.6. The molecule has 0 unspecified atom stereocenters. The fraction of sp³-hybridized carbons (Fsp3) is 0.600. The van der Waals surface area contributed by atoms with E-state index >= 15 is 0 Å². The Balaban J connectivity index is 1.68. The Kier molecular flexibility index (Phi) is 4.02. The van der Waals surface area contributed by atoms with Crippen LogP contribution in [-0.2, 0) is 23.7 Å². The molecule has 0 spiro atoms. The van der Waals surface area contributed by atoms with Gasteiger partial charge in [-0.25, -0.2) is 15.0 Å². The molecule has 0 bridgehead atoms. The molecule has 10 heteroatoms. The van der Waals surface area contributed by atoms with Crippen LogP contribution in [-0.4, -0.2) is 56.2 Å². The summed E-state index contributed by atoms with van der Waals surface area (Å²) in [5.74, 6) is -1.12. The minimum absolute atomic E-state index is 0.0950. The van der Waals surface area contributed by atoms with Gasteiger partial charge in [-0.05, 0) is 29.8 Å². The summed E-state index contributed by atoms with van der Waals surface area (Å²) in [6, 6.07) is 0. The van der Waals surface area contributed by atoms with Gasteiger partial charge in [0.1, 0.15) is 41.4 Å². The van der Waals surface area contributed by atoms with E-state index in [-0.39, 0.29) is 24.8 Å². The van der Waals surface area contributed by atoms with Crippen LogP contribution >= 0.6 is 15.9 Å². The van der Waals surface area contributed by atoms with Crippen molar-refractivity contribution in [2.24, 2.45) is 0 Å². The molecule has 0 aromatic carbocycles. The molecule has 9 nitrogen and oxygen atoms in total. The number of carbonyl (C=O) groups excluding carboxylic acids is 1. The van der Waals surface area contributed by atoms with Crippen LogP contribution in [0, 0.1) is 0 Å². The van der Waals surface area contributed by atoms with Crippen molar-refractivity contribution in [3.8, 4) is 0 Å². The lowest BCUT2D eigenvalue weighted by molar-refractivity contribution is -0.201. The van der Waals surface area contributed by atoms with Gasteiger partial charge in [0, 0.05) is 6.92 Å². The molecule has 0 amide bonds. The number of imidazole rings is 1. The second kappa shape index (κ2) is 5.97. The molecule has 2 saturated heterocycles. The first-order chi connectivity index (χ1) is 11.9. The molecule has 134 valence electrons. The van der Waals surface area contributed by atoms with Crippen LogP contribution in [0.15, 0.2) is 17.3 Å². The number of ether oxygens (including phenoxy) is 4. The van der Waals surface area contributed by atoms with Crippen molar-refractivity contribution in [3.05, 3.63) is 17.3 Å². The lowest BCUT2D eigenvalue weighted by Gasteiger charge is -2.24. The summed E-state index contributed by atoms with van der Waals surface area (Å²) in [5, 5.41) is 0. The molecule has 0 radical (unpaired) electrons. The standard InChI is InChI=1S/C15H17BrN4O5/c1-7(21)22-4-8-10-11(25-15(2,3)24-10)14(23-8)20-6-19-9-12(16)17-5-18-13(9)20/h5-6,8,10-11,14H,4H2,1-3H3/t8-,10-,11-,14-/m1/s1. The van der Waals surface area contributed by atoms with E-state index in [0.717, 1.165) is 0 Å². The third kappa shape index (κ3) is 2.92. The quantitative estimate of drug-likeness (QED) is 0.553. The molecule has 0 aliphatic carbocycles. The third-order valence-electron chi connectivity index (χ3n) is 4.16. The topological polar surface area (TPSA) is 97.6 Å². The number of hydrogen-bond acceptors (Lipinski definition) is 8. The van der Waals surface area contributed by atoms with Crippen molar-refractivity contribution in [2.45, 2.75) is 51.1 Å². The summed E-state index contributed by atoms with van der Waals surface area (Å²) in [6.07, 6.45) is 1.41. The van der Waals surface area contributed by atoms with Crippen molar-refractivity contribution in [2.75, 3.05) is 6.61 Å². The molecular weight excluding hydrogens is 396 g/mol. The fourth-order valence-corrected chi connectivity index (χ4v) is 3.60. The number of aromatic nitrogens is 4. The highest BCUT2D eigenvalue weighted by Crippen LogP contribution is 2.43. The fourth-order valence-electron chi connectivity index (χ4n) is 3.23. The van der Waals surface area contributed by atoms with Gasteiger partial charge in [-0.2, -0.15) is 0 Å². The van der Waals surface area contributed by atoms with Gasteiger partial charge < -0.3 is 18.9 Å². The first-order valence-electron chi connectivity index (χ1n) is 7.83. The lowest BCUT2D eigenvalue weighted by Crippen LogP contribution is -2.33. The van der Waals surface area contributed by atoms with Crippen molar-refractivity contribution in [3.63, 3.8) is 0 Å². The van der Waals surface area contributed by atoms with Gasteiger partial charge in [0.2, 0.25) is 0 Å². The zero-order valence-corrected chi connectivity index (χ0v) is 15.5. The molecule has 2 aromatic heterocycles. The van der Waals surface area contributed by atoms with Gasteiger partial charge in [-0.15, -0.1) is 0 Å². The molecule has 4 rings (SSSR count).